The summed E-state index contributed by atoms with van der Waals surface area (Å²) < 4.78 is 0. The van der Waals surface area contributed by atoms with Gasteiger partial charge in [-0.1, -0.05) is 13.8 Å². The van der Waals surface area contributed by atoms with Crippen molar-refractivity contribution in [3.63, 3.8) is 0 Å². The van der Waals surface area contributed by atoms with Crippen LogP contribution in [0, 0.1) is 11.8 Å². The third kappa shape index (κ3) is 3.29. The van der Waals surface area contributed by atoms with E-state index in [-0.39, 0.29) is 29.9 Å². The van der Waals surface area contributed by atoms with Gasteiger partial charge in [-0.25, -0.2) is 0 Å². The third-order valence-electron chi connectivity index (χ3n) is 3.34. The minimum absolute atomic E-state index is 0.0552. The van der Waals surface area contributed by atoms with Gasteiger partial charge in [0.25, 0.3) is 0 Å². The monoisotopic (exact) mass is 276 g/mol. The van der Waals surface area contributed by atoms with Gasteiger partial charge in [0, 0.05) is 25.2 Å². The molecule has 2 amide bonds. The number of hydrogen-bond acceptors (Lipinski definition) is 3. The number of benzene rings is 1. The van der Waals surface area contributed by atoms with E-state index in [0.29, 0.717) is 24.7 Å². The van der Waals surface area contributed by atoms with E-state index in [1.165, 1.54) is 12.1 Å². The van der Waals surface area contributed by atoms with Gasteiger partial charge in [0.05, 0.1) is 5.92 Å². The summed E-state index contributed by atoms with van der Waals surface area (Å²) in [6.45, 7) is 5.09. The fraction of sp³-hybridized carbons (Fsp3) is 0.467. The second kappa shape index (κ2) is 5.94. The molecule has 2 N–H and O–H groups in total. The van der Waals surface area contributed by atoms with Crippen LogP contribution in [0.5, 0.6) is 5.75 Å². The average molecular weight is 276 g/mol. The van der Waals surface area contributed by atoms with Gasteiger partial charge in [0.15, 0.2) is 0 Å². The molecule has 1 atom stereocenters. The number of phenolic OH excluding ortho intramolecular Hbond substituents is 1. The van der Waals surface area contributed by atoms with Gasteiger partial charge in [-0.15, -0.1) is 0 Å². The number of nitrogens with one attached hydrogen (secondary N) is 1. The third-order valence-corrected chi connectivity index (χ3v) is 3.34. The van der Waals surface area contributed by atoms with Gasteiger partial charge in [0.1, 0.15) is 5.75 Å². The lowest BCUT2D eigenvalue weighted by molar-refractivity contribution is -0.126. The molecule has 108 valence electrons. The van der Waals surface area contributed by atoms with Crippen LogP contribution in [0.2, 0.25) is 0 Å². The molecule has 0 spiro atoms. The number of carbonyl (C=O) groups is 2. The molecule has 5 heteroatoms. The van der Waals surface area contributed by atoms with E-state index in [9.17, 15) is 14.7 Å². The maximum atomic E-state index is 12.0. The van der Waals surface area contributed by atoms with Crippen LogP contribution in [0.3, 0.4) is 0 Å². The Morgan fingerprint density at radius 2 is 2.05 bits per heavy atom. The number of carbonyl (C=O) groups excluding carboxylic acids is 2. The quantitative estimate of drug-likeness (QED) is 0.876. The van der Waals surface area contributed by atoms with Crippen molar-refractivity contribution < 1.29 is 14.7 Å². The first-order chi connectivity index (χ1) is 9.47. The maximum absolute atomic E-state index is 12.0. The molecule has 5 nitrogen and oxygen atoms in total. The highest BCUT2D eigenvalue weighted by Crippen LogP contribution is 2.26. The number of rotatable bonds is 4. The zero-order valence-corrected chi connectivity index (χ0v) is 11.8. The Kier molecular flexibility index (Phi) is 4.27. The molecule has 0 bridgehead atoms. The topological polar surface area (TPSA) is 69.6 Å². The van der Waals surface area contributed by atoms with E-state index < -0.39 is 0 Å². The molecule has 0 saturated carbocycles. The number of hydrogen-bond donors (Lipinski definition) is 2. The first-order valence-corrected chi connectivity index (χ1v) is 6.84. The Labute approximate surface area is 118 Å². The summed E-state index contributed by atoms with van der Waals surface area (Å²) in [5, 5.41) is 12.1. The minimum Gasteiger partial charge on any atom is -0.508 e. The molecule has 0 radical (unpaired) electrons. The number of phenols is 1. The van der Waals surface area contributed by atoms with Crippen molar-refractivity contribution >= 4 is 17.5 Å². The summed E-state index contributed by atoms with van der Waals surface area (Å²) in [5.74, 6) is 0.139. The Morgan fingerprint density at radius 1 is 1.40 bits per heavy atom. The van der Waals surface area contributed by atoms with Crippen molar-refractivity contribution in [1.29, 1.82) is 0 Å². The first-order valence-electron chi connectivity index (χ1n) is 6.84. The number of aromatic hydroxyl groups is 1. The molecule has 1 aliphatic rings. The zero-order valence-electron chi connectivity index (χ0n) is 11.8. The van der Waals surface area contributed by atoms with Crippen LogP contribution in [-0.4, -0.2) is 30.0 Å². The summed E-state index contributed by atoms with van der Waals surface area (Å²) in [5.41, 5.74) is 0.715. The molecule has 1 aliphatic heterocycles. The Hall–Kier alpha value is -2.04. The molecule has 1 saturated heterocycles. The highest BCUT2D eigenvalue weighted by Gasteiger charge is 2.34. The molecule has 0 aromatic heterocycles. The fourth-order valence-electron chi connectivity index (χ4n) is 2.21. The largest absolute Gasteiger partial charge is 0.508 e. The normalized spacial score (nSPS) is 18.6. The van der Waals surface area contributed by atoms with Crippen LogP contribution in [0.1, 0.15) is 20.3 Å². The first kappa shape index (κ1) is 14.4. The fourth-order valence-corrected chi connectivity index (χ4v) is 2.21. The highest BCUT2D eigenvalue weighted by atomic mass is 16.3. The molecule has 1 aromatic carbocycles. The summed E-state index contributed by atoms with van der Waals surface area (Å²) in [4.78, 5) is 25.6. The summed E-state index contributed by atoms with van der Waals surface area (Å²) in [6, 6.07) is 6.44. The van der Waals surface area contributed by atoms with Crippen LogP contribution in [0.25, 0.3) is 0 Å². The molecular formula is C15H20N2O3. The molecular weight excluding hydrogens is 256 g/mol. The van der Waals surface area contributed by atoms with Crippen molar-refractivity contribution in [1.82, 2.24) is 5.32 Å². The maximum Gasteiger partial charge on any atom is 0.227 e. The van der Waals surface area contributed by atoms with Crippen LogP contribution in [0.15, 0.2) is 24.3 Å². The predicted octanol–water partition coefficient (Wildman–Crippen LogP) is 1.52. The van der Waals surface area contributed by atoms with E-state index in [1.54, 1.807) is 17.0 Å². The molecule has 1 fully saturated rings. The molecule has 0 aliphatic carbocycles. The molecule has 20 heavy (non-hydrogen) atoms. The van der Waals surface area contributed by atoms with Crippen LogP contribution < -0.4 is 10.2 Å². The van der Waals surface area contributed by atoms with Gasteiger partial charge >= 0.3 is 0 Å². The number of amides is 2. The lowest BCUT2D eigenvalue weighted by atomic mass is 10.1. The van der Waals surface area contributed by atoms with E-state index in [0.717, 1.165) is 0 Å². The van der Waals surface area contributed by atoms with Gasteiger partial charge < -0.3 is 15.3 Å². The smallest absolute Gasteiger partial charge is 0.227 e. The van der Waals surface area contributed by atoms with Crippen molar-refractivity contribution in [2.24, 2.45) is 11.8 Å². The zero-order chi connectivity index (χ0) is 14.7. The standard InChI is InChI=1S/C15H20N2O3/c1-10(2)8-16-15(20)11-7-14(19)17(9-11)12-3-5-13(18)6-4-12/h3-6,10-11,18H,7-9H2,1-2H3,(H,16,20)/t11-/m1/s1. The van der Waals surface area contributed by atoms with Crippen LogP contribution in [0.4, 0.5) is 5.69 Å². The van der Waals surface area contributed by atoms with E-state index >= 15 is 0 Å². The van der Waals surface area contributed by atoms with Crippen molar-refractivity contribution in [3.05, 3.63) is 24.3 Å². The van der Waals surface area contributed by atoms with Gasteiger partial charge in [-0.05, 0) is 30.2 Å². The number of anilines is 1. The Morgan fingerprint density at radius 3 is 2.65 bits per heavy atom. The van der Waals surface area contributed by atoms with E-state index in [2.05, 4.69) is 5.32 Å². The van der Waals surface area contributed by atoms with Gasteiger partial charge in [-0.3, -0.25) is 9.59 Å². The van der Waals surface area contributed by atoms with Gasteiger partial charge in [0.2, 0.25) is 11.8 Å². The lowest BCUT2D eigenvalue weighted by Gasteiger charge is -2.17. The van der Waals surface area contributed by atoms with Crippen LogP contribution in [-0.2, 0) is 9.59 Å². The van der Waals surface area contributed by atoms with Crippen molar-refractivity contribution in [3.8, 4) is 5.75 Å². The second-order valence-corrected chi connectivity index (χ2v) is 5.56. The molecule has 0 unspecified atom stereocenters. The Bertz CT molecular complexity index is 496. The van der Waals surface area contributed by atoms with Crippen LogP contribution >= 0.6 is 0 Å². The molecule has 1 aromatic rings. The second-order valence-electron chi connectivity index (χ2n) is 5.56. The molecule has 1 heterocycles. The van der Waals surface area contributed by atoms with Gasteiger partial charge in [-0.2, -0.15) is 0 Å². The molecule has 2 rings (SSSR count). The van der Waals surface area contributed by atoms with Crippen molar-refractivity contribution in [2.75, 3.05) is 18.0 Å². The SMILES string of the molecule is CC(C)CNC(=O)[C@@H]1CC(=O)N(c2ccc(O)cc2)C1. The average Bonchev–Trinajstić information content (AvgIpc) is 2.79. The van der Waals surface area contributed by atoms with Crippen molar-refractivity contribution in [2.45, 2.75) is 20.3 Å². The summed E-state index contributed by atoms with van der Waals surface area (Å²) in [7, 11) is 0. The summed E-state index contributed by atoms with van der Waals surface area (Å²) in [6.07, 6.45) is 0.241. The lowest BCUT2D eigenvalue weighted by Crippen LogP contribution is -2.34. The highest BCUT2D eigenvalue weighted by molar-refractivity contribution is 6.00. The minimum atomic E-state index is -0.296. The predicted molar refractivity (Wildman–Crippen MR) is 76.4 cm³/mol. The number of nitrogens with zero attached hydrogens (tertiary/aromatic N) is 1. The van der Waals surface area contributed by atoms with E-state index in [1.807, 2.05) is 13.8 Å². The Balaban J connectivity index is 2.00. The van der Waals surface area contributed by atoms with E-state index in [4.69, 9.17) is 0 Å². The summed E-state index contributed by atoms with van der Waals surface area (Å²) >= 11 is 0.